The topological polar surface area (TPSA) is 96.1 Å². The van der Waals surface area contributed by atoms with Gasteiger partial charge in [0, 0.05) is 38.8 Å². The van der Waals surface area contributed by atoms with Gasteiger partial charge in [-0.2, -0.15) is 17.5 Å². The van der Waals surface area contributed by atoms with E-state index in [1.165, 1.54) is 28.8 Å². The summed E-state index contributed by atoms with van der Waals surface area (Å²) in [5.41, 5.74) is -0.489. The SMILES string of the molecule is O=S(=O)(Cc1ccon1)N1CCN(CC(O)COc2cccc(C(F)(F)F)c2)CC1. The standard InChI is InChI=1S/C18H22F3N3O5S/c19-18(20,21)14-2-1-3-17(10-14)28-12-16(25)11-23-5-7-24(8-6-23)30(26,27)13-15-4-9-29-22-15/h1-4,9-10,16,25H,5-8,11-13H2. The fourth-order valence-electron chi connectivity index (χ4n) is 3.09. The summed E-state index contributed by atoms with van der Waals surface area (Å²) in [7, 11) is -3.52. The van der Waals surface area contributed by atoms with Crippen molar-refractivity contribution in [3.63, 3.8) is 0 Å². The average Bonchev–Trinajstić information content (AvgIpc) is 3.19. The number of benzene rings is 1. The summed E-state index contributed by atoms with van der Waals surface area (Å²) < 4.78 is 74.3. The molecule has 3 rings (SSSR count). The number of alkyl halides is 3. The minimum absolute atomic E-state index is 0.0210. The monoisotopic (exact) mass is 449 g/mol. The lowest BCUT2D eigenvalue weighted by Crippen LogP contribution is -2.51. The van der Waals surface area contributed by atoms with E-state index in [0.29, 0.717) is 18.8 Å². The number of ether oxygens (including phenoxy) is 1. The summed E-state index contributed by atoms with van der Waals surface area (Å²) in [5.74, 6) is -0.218. The van der Waals surface area contributed by atoms with Crippen molar-refractivity contribution in [1.29, 1.82) is 0 Å². The van der Waals surface area contributed by atoms with Gasteiger partial charge in [0.15, 0.2) is 0 Å². The Morgan fingerprint density at radius 3 is 2.57 bits per heavy atom. The molecule has 30 heavy (non-hydrogen) atoms. The van der Waals surface area contributed by atoms with Gasteiger partial charge < -0.3 is 14.4 Å². The predicted octanol–water partition coefficient (Wildman–Crippen LogP) is 1.58. The summed E-state index contributed by atoms with van der Waals surface area (Å²) in [5, 5.41) is 13.8. The quantitative estimate of drug-likeness (QED) is 0.654. The molecular weight excluding hydrogens is 427 g/mol. The zero-order valence-electron chi connectivity index (χ0n) is 16.0. The van der Waals surface area contributed by atoms with Crippen molar-refractivity contribution in [2.24, 2.45) is 0 Å². The highest BCUT2D eigenvalue weighted by atomic mass is 32.2. The summed E-state index contributed by atoms with van der Waals surface area (Å²) in [6.45, 7) is 1.40. The van der Waals surface area contributed by atoms with Crippen molar-refractivity contribution >= 4 is 10.0 Å². The molecule has 1 atom stereocenters. The van der Waals surface area contributed by atoms with Crippen LogP contribution in [0.2, 0.25) is 0 Å². The maximum Gasteiger partial charge on any atom is 0.416 e. The summed E-state index contributed by atoms with van der Waals surface area (Å²) in [6.07, 6.45) is -4.09. The molecule has 1 aromatic heterocycles. The van der Waals surface area contributed by atoms with Gasteiger partial charge in [-0.1, -0.05) is 11.2 Å². The minimum Gasteiger partial charge on any atom is -0.491 e. The maximum atomic E-state index is 12.7. The fourth-order valence-corrected chi connectivity index (χ4v) is 4.51. The molecule has 2 heterocycles. The van der Waals surface area contributed by atoms with Gasteiger partial charge in [-0.25, -0.2) is 8.42 Å². The first-order valence-electron chi connectivity index (χ1n) is 9.21. The largest absolute Gasteiger partial charge is 0.491 e. The van der Waals surface area contributed by atoms with Crippen LogP contribution in [-0.4, -0.2) is 73.3 Å². The van der Waals surface area contributed by atoms with E-state index in [2.05, 4.69) is 9.68 Å². The Balaban J connectivity index is 1.44. The number of aromatic nitrogens is 1. The summed E-state index contributed by atoms with van der Waals surface area (Å²) in [4.78, 5) is 1.88. The molecule has 0 aliphatic carbocycles. The van der Waals surface area contributed by atoms with Crippen molar-refractivity contribution in [1.82, 2.24) is 14.4 Å². The van der Waals surface area contributed by atoms with E-state index in [-0.39, 0.29) is 37.7 Å². The Bertz CT molecular complexity index is 913. The van der Waals surface area contributed by atoms with Crippen molar-refractivity contribution in [3.05, 3.63) is 47.9 Å². The Kier molecular flexibility index (Phi) is 7.01. The molecule has 0 radical (unpaired) electrons. The first-order chi connectivity index (χ1) is 14.1. The molecule has 0 amide bonds. The number of piperazine rings is 1. The molecular formula is C18H22F3N3O5S. The van der Waals surface area contributed by atoms with Crippen LogP contribution in [0.5, 0.6) is 5.75 Å². The number of aliphatic hydroxyl groups is 1. The van der Waals surface area contributed by atoms with Crippen LogP contribution in [0.3, 0.4) is 0 Å². The summed E-state index contributed by atoms with van der Waals surface area (Å²) in [6, 6.07) is 5.95. The maximum absolute atomic E-state index is 12.7. The molecule has 0 saturated carbocycles. The van der Waals surface area contributed by atoms with Gasteiger partial charge in [-0.05, 0) is 18.2 Å². The molecule has 2 aromatic rings. The van der Waals surface area contributed by atoms with Crippen LogP contribution in [0.25, 0.3) is 0 Å². The third-order valence-electron chi connectivity index (χ3n) is 4.62. The molecule has 1 N–H and O–H groups in total. The Morgan fingerprint density at radius 2 is 1.93 bits per heavy atom. The number of nitrogens with zero attached hydrogens (tertiary/aromatic N) is 3. The molecule has 0 spiro atoms. The van der Waals surface area contributed by atoms with Gasteiger partial charge >= 0.3 is 6.18 Å². The normalized spacial score (nSPS) is 17.7. The van der Waals surface area contributed by atoms with E-state index in [1.54, 1.807) is 0 Å². The second-order valence-electron chi connectivity index (χ2n) is 6.94. The molecule has 166 valence electrons. The Morgan fingerprint density at radius 1 is 1.20 bits per heavy atom. The second kappa shape index (κ2) is 9.33. The lowest BCUT2D eigenvalue weighted by atomic mass is 10.2. The van der Waals surface area contributed by atoms with Crippen molar-refractivity contribution in [3.8, 4) is 5.75 Å². The second-order valence-corrected chi connectivity index (χ2v) is 8.91. The van der Waals surface area contributed by atoms with Crippen molar-refractivity contribution in [2.45, 2.75) is 18.0 Å². The highest BCUT2D eigenvalue weighted by molar-refractivity contribution is 7.88. The van der Waals surface area contributed by atoms with Crippen LogP contribution in [0.4, 0.5) is 13.2 Å². The highest BCUT2D eigenvalue weighted by Gasteiger charge is 2.31. The number of hydrogen-bond acceptors (Lipinski definition) is 7. The number of sulfonamides is 1. The van der Waals surface area contributed by atoms with E-state index in [9.17, 15) is 26.7 Å². The number of β-amino-alcohol motifs (C(OH)–C–C–N with tert-alkyl or cyclic N) is 1. The first-order valence-corrected chi connectivity index (χ1v) is 10.8. The summed E-state index contributed by atoms with van der Waals surface area (Å²) >= 11 is 0. The molecule has 1 saturated heterocycles. The molecule has 1 aliphatic rings. The number of hydrogen-bond donors (Lipinski definition) is 1. The fraction of sp³-hybridized carbons (Fsp3) is 0.500. The Hall–Kier alpha value is -2.15. The molecule has 1 aromatic carbocycles. The average molecular weight is 449 g/mol. The molecule has 1 aliphatic heterocycles. The van der Waals surface area contributed by atoms with Crippen LogP contribution in [0.15, 0.2) is 41.1 Å². The molecule has 0 bridgehead atoms. The molecule has 8 nitrogen and oxygen atoms in total. The third-order valence-corrected chi connectivity index (χ3v) is 6.43. The van der Waals surface area contributed by atoms with Gasteiger partial charge in [0.2, 0.25) is 10.0 Å². The van der Waals surface area contributed by atoms with Crippen LogP contribution in [-0.2, 0) is 22.0 Å². The highest BCUT2D eigenvalue weighted by Crippen LogP contribution is 2.31. The van der Waals surface area contributed by atoms with Crippen LogP contribution in [0.1, 0.15) is 11.3 Å². The Labute approximate surface area is 171 Å². The lowest BCUT2D eigenvalue weighted by molar-refractivity contribution is -0.137. The van der Waals surface area contributed by atoms with E-state index in [4.69, 9.17) is 4.74 Å². The number of aliphatic hydroxyl groups excluding tert-OH is 1. The van der Waals surface area contributed by atoms with Crippen molar-refractivity contribution in [2.75, 3.05) is 39.3 Å². The van der Waals surface area contributed by atoms with Gasteiger partial charge in [0.1, 0.15) is 30.5 Å². The van der Waals surface area contributed by atoms with Crippen LogP contribution >= 0.6 is 0 Å². The van der Waals surface area contributed by atoms with Gasteiger partial charge in [-0.15, -0.1) is 0 Å². The van der Waals surface area contributed by atoms with E-state index >= 15 is 0 Å². The van der Waals surface area contributed by atoms with Crippen LogP contribution < -0.4 is 4.74 Å². The predicted molar refractivity (Wildman–Crippen MR) is 100 cm³/mol. The number of rotatable bonds is 8. The smallest absolute Gasteiger partial charge is 0.416 e. The number of halogens is 3. The molecule has 1 fully saturated rings. The minimum atomic E-state index is -4.47. The van der Waals surface area contributed by atoms with Gasteiger partial charge in [0.05, 0.1) is 11.3 Å². The van der Waals surface area contributed by atoms with Gasteiger partial charge in [0.25, 0.3) is 0 Å². The molecule has 12 heteroatoms. The van der Waals surface area contributed by atoms with E-state index in [0.717, 1.165) is 12.1 Å². The first kappa shape index (κ1) is 22.5. The zero-order chi connectivity index (χ0) is 21.8. The third kappa shape index (κ3) is 6.17. The zero-order valence-corrected chi connectivity index (χ0v) is 16.8. The van der Waals surface area contributed by atoms with E-state index < -0.39 is 27.9 Å². The lowest BCUT2D eigenvalue weighted by Gasteiger charge is -2.34. The van der Waals surface area contributed by atoms with Crippen molar-refractivity contribution < 1.29 is 36.0 Å². The van der Waals surface area contributed by atoms with E-state index in [1.807, 2.05) is 4.90 Å². The van der Waals surface area contributed by atoms with Crippen LogP contribution in [0, 0.1) is 0 Å². The van der Waals surface area contributed by atoms with Gasteiger partial charge in [-0.3, -0.25) is 4.90 Å². The molecule has 1 unspecified atom stereocenters.